The summed E-state index contributed by atoms with van der Waals surface area (Å²) in [6.07, 6.45) is 2.80. The summed E-state index contributed by atoms with van der Waals surface area (Å²) in [6.45, 7) is 5.37. The number of ether oxygens (including phenoxy) is 1. The quantitative estimate of drug-likeness (QED) is 0.513. The Morgan fingerprint density at radius 3 is 2.74 bits per heavy atom. The van der Waals surface area contributed by atoms with Crippen molar-refractivity contribution in [3.05, 3.63) is 67.0 Å². The highest BCUT2D eigenvalue weighted by Crippen LogP contribution is 2.39. The van der Waals surface area contributed by atoms with Crippen molar-refractivity contribution in [3.8, 4) is 5.75 Å². The monoisotopic (exact) mass is 425 g/mol. The fourth-order valence-corrected chi connectivity index (χ4v) is 4.94. The highest BCUT2D eigenvalue weighted by atomic mass is 79.9. The summed E-state index contributed by atoms with van der Waals surface area (Å²) in [4.78, 5) is 14.6. The number of anilines is 1. The molecule has 2 aliphatic rings. The standard InChI is InChI=1S/C22H20BrNO3/c1-12-8-15(23)6-7-19(12)24-10-14-9-18-16-4-3-5-17(16)22(25)27-21(18)13(2)20(14)26-11-24/h6-9H,3-5,10-11H2,1-2H3. The highest BCUT2D eigenvalue weighted by molar-refractivity contribution is 9.10. The molecule has 0 bridgehead atoms. The lowest BCUT2D eigenvalue weighted by molar-refractivity contribution is 0.287. The SMILES string of the molecule is Cc1cc(Br)ccc1N1COc2c(cc3c4c(c(=O)oc3c2C)CCC4)C1. The molecule has 5 rings (SSSR count). The number of benzene rings is 2. The van der Waals surface area contributed by atoms with Crippen LogP contribution in [0.5, 0.6) is 5.75 Å². The molecule has 1 aliphatic heterocycles. The van der Waals surface area contributed by atoms with E-state index in [2.05, 4.69) is 52.0 Å². The van der Waals surface area contributed by atoms with Gasteiger partial charge in [0.2, 0.25) is 0 Å². The van der Waals surface area contributed by atoms with E-state index in [9.17, 15) is 4.79 Å². The van der Waals surface area contributed by atoms with Crippen LogP contribution in [0.4, 0.5) is 5.69 Å². The van der Waals surface area contributed by atoms with Crippen molar-refractivity contribution >= 4 is 32.6 Å². The minimum Gasteiger partial charge on any atom is -0.472 e. The molecule has 0 radical (unpaired) electrons. The Morgan fingerprint density at radius 1 is 1.11 bits per heavy atom. The Bertz CT molecular complexity index is 1150. The van der Waals surface area contributed by atoms with Gasteiger partial charge in [-0.2, -0.15) is 0 Å². The van der Waals surface area contributed by atoms with Crippen LogP contribution >= 0.6 is 15.9 Å². The van der Waals surface area contributed by atoms with E-state index in [0.29, 0.717) is 12.3 Å². The van der Waals surface area contributed by atoms with Gasteiger partial charge < -0.3 is 14.1 Å². The van der Waals surface area contributed by atoms with Crippen molar-refractivity contribution < 1.29 is 9.15 Å². The highest BCUT2D eigenvalue weighted by Gasteiger charge is 2.26. The molecule has 27 heavy (non-hydrogen) atoms. The summed E-state index contributed by atoms with van der Waals surface area (Å²) >= 11 is 3.53. The molecule has 1 aliphatic carbocycles. The van der Waals surface area contributed by atoms with Crippen LogP contribution in [0.15, 0.2) is 37.9 Å². The zero-order chi connectivity index (χ0) is 18.7. The van der Waals surface area contributed by atoms with E-state index in [-0.39, 0.29) is 5.63 Å². The van der Waals surface area contributed by atoms with Crippen molar-refractivity contribution in [2.75, 3.05) is 11.6 Å². The van der Waals surface area contributed by atoms with Crippen LogP contribution in [-0.4, -0.2) is 6.73 Å². The van der Waals surface area contributed by atoms with E-state index in [1.807, 2.05) is 6.92 Å². The average Bonchev–Trinajstić information content (AvgIpc) is 3.13. The minimum absolute atomic E-state index is 0.180. The zero-order valence-corrected chi connectivity index (χ0v) is 17.0. The maximum absolute atomic E-state index is 12.3. The van der Waals surface area contributed by atoms with Crippen LogP contribution in [-0.2, 0) is 19.4 Å². The molecule has 2 aromatic carbocycles. The fourth-order valence-electron chi connectivity index (χ4n) is 4.47. The number of rotatable bonds is 1. The summed E-state index contributed by atoms with van der Waals surface area (Å²) in [6, 6.07) is 8.48. The lowest BCUT2D eigenvalue weighted by atomic mass is 9.99. The second-order valence-electron chi connectivity index (χ2n) is 7.47. The number of fused-ring (bicyclic) bond motifs is 4. The molecular formula is C22H20BrNO3. The van der Waals surface area contributed by atoms with Gasteiger partial charge in [-0.1, -0.05) is 15.9 Å². The van der Waals surface area contributed by atoms with E-state index >= 15 is 0 Å². The van der Waals surface area contributed by atoms with Gasteiger partial charge in [0.15, 0.2) is 6.73 Å². The van der Waals surface area contributed by atoms with Gasteiger partial charge in [-0.05, 0) is 68.5 Å². The van der Waals surface area contributed by atoms with Crippen LogP contribution in [0.25, 0.3) is 11.0 Å². The summed E-state index contributed by atoms with van der Waals surface area (Å²) in [5.74, 6) is 0.856. The Balaban J connectivity index is 1.64. The van der Waals surface area contributed by atoms with Gasteiger partial charge in [-0.3, -0.25) is 0 Å². The first-order valence-corrected chi connectivity index (χ1v) is 10.1. The van der Waals surface area contributed by atoms with E-state index in [0.717, 1.165) is 58.1 Å². The van der Waals surface area contributed by atoms with E-state index < -0.39 is 0 Å². The third-order valence-electron chi connectivity index (χ3n) is 5.75. The Kier molecular flexibility index (Phi) is 3.83. The predicted octanol–water partition coefficient (Wildman–Crippen LogP) is 5.02. The van der Waals surface area contributed by atoms with Gasteiger partial charge in [-0.25, -0.2) is 4.79 Å². The summed E-state index contributed by atoms with van der Waals surface area (Å²) < 4.78 is 12.9. The summed E-state index contributed by atoms with van der Waals surface area (Å²) in [5.41, 5.74) is 7.00. The maximum atomic E-state index is 12.3. The number of hydrogen-bond acceptors (Lipinski definition) is 4. The molecule has 0 atom stereocenters. The van der Waals surface area contributed by atoms with Crippen molar-refractivity contribution in [3.63, 3.8) is 0 Å². The lowest BCUT2D eigenvalue weighted by Crippen LogP contribution is -2.32. The van der Waals surface area contributed by atoms with Gasteiger partial charge in [-0.15, -0.1) is 0 Å². The molecular weight excluding hydrogens is 406 g/mol. The molecule has 0 saturated heterocycles. The smallest absolute Gasteiger partial charge is 0.339 e. The van der Waals surface area contributed by atoms with Crippen LogP contribution in [0.2, 0.25) is 0 Å². The molecule has 3 aromatic rings. The van der Waals surface area contributed by atoms with Crippen LogP contribution < -0.4 is 15.3 Å². The molecule has 0 saturated carbocycles. The molecule has 0 N–H and O–H groups in total. The third kappa shape index (κ3) is 2.59. The zero-order valence-electron chi connectivity index (χ0n) is 15.4. The average molecular weight is 426 g/mol. The van der Waals surface area contributed by atoms with Gasteiger partial charge in [0.05, 0.1) is 0 Å². The molecule has 1 aromatic heterocycles. The second-order valence-corrected chi connectivity index (χ2v) is 8.38. The molecule has 0 unspecified atom stereocenters. The predicted molar refractivity (Wildman–Crippen MR) is 110 cm³/mol. The molecule has 0 spiro atoms. The number of nitrogens with zero attached hydrogens (tertiary/aromatic N) is 1. The van der Waals surface area contributed by atoms with Crippen LogP contribution in [0.1, 0.15) is 34.2 Å². The normalized spacial score (nSPS) is 15.6. The van der Waals surface area contributed by atoms with Gasteiger partial charge in [0.25, 0.3) is 0 Å². The molecule has 138 valence electrons. The molecule has 0 amide bonds. The van der Waals surface area contributed by atoms with Gasteiger partial charge >= 0.3 is 5.63 Å². The first-order chi connectivity index (χ1) is 13.0. The number of hydrogen-bond donors (Lipinski definition) is 0. The van der Waals surface area contributed by atoms with E-state index in [1.54, 1.807) is 0 Å². The molecule has 4 nitrogen and oxygen atoms in total. The van der Waals surface area contributed by atoms with E-state index in [4.69, 9.17) is 9.15 Å². The molecule has 2 heterocycles. The van der Waals surface area contributed by atoms with Crippen molar-refractivity contribution in [2.45, 2.75) is 39.7 Å². The fraction of sp³-hybridized carbons (Fsp3) is 0.318. The van der Waals surface area contributed by atoms with Crippen LogP contribution in [0.3, 0.4) is 0 Å². The Labute approximate surface area is 165 Å². The largest absolute Gasteiger partial charge is 0.472 e. The Hall–Kier alpha value is -2.27. The van der Waals surface area contributed by atoms with Gasteiger partial charge in [0, 0.05) is 38.8 Å². The first kappa shape index (κ1) is 16.9. The summed E-state index contributed by atoms with van der Waals surface area (Å²) in [7, 11) is 0. The second kappa shape index (κ2) is 6.13. The maximum Gasteiger partial charge on any atom is 0.339 e. The summed E-state index contributed by atoms with van der Waals surface area (Å²) in [5, 5.41) is 1.08. The molecule has 5 heteroatoms. The lowest BCUT2D eigenvalue weighted by Gasteiger charge is -2.33. The third-order valence-corrected chi connectivity index (χ3v) is 6.24. The number of halogens is 1. The topological polar surface area (TPSA) is 42.7 Å². The molecule has 0 fully saturated rings. The Morgan fingerprint density at radius 2 is 1.93 bits per heavy atom. The van der Waals surface area contributed by atoms with Crippen molar-refractivity contribution in [2.24, 2.45) is 0 Å². The van der Waals surface area contributed by atoms with Crippen molar-refractivity contribution in [1.29, 1.82) is 0 Å². The minimum atomic E-state index is -0.180. The van der Waals surface area contributed by atoms with Crippen molar-refractivity contribution in [1.82, 2.24) is 0 Å². The van der Waals surface area contributed by atoms with Gasteiger partial charge in [0.1, 0.15) is 11.3 Å². The first-order valence-electron chi connectivity index (χ1n) is 9.28. The van der Waals surface area contributed by atoms with E-state index in [1.165, 1.54) is 16.8 Å². The van der Waals surface area contributed by atoms with Crippen LogP contribution in [0, 0.1) is 13.8 Å². The number of aryl methyl sites for hydroxylation is 3.